The summed E-state index contributed by atoms with van der Waals surface area (Å²) in [5.41, 5.74) is 7.24. The van der Waals surface area contributed by atoms with Crippen LogP contribution >= 0.6 is 0 Å². The smallest absolute Gasteiger partial charge is 0.172 e. The number of fused-ring (bicyclic) bond motifs is 1. The summed E-state index contributed by atoms with van der Waals surface area (Å²) in [6, 6.07) is 10.4. The number of benzene rings is 2. The van der Waals surface area contributed by atoms with E-state index in [0.717, 1.165) is 16.5 Å². The second kappa shape index (κ2) is 3.84. The molecule has 1 aromatic heterocycles. The van der Waals surface area contributed by atoms with Gasteiger partial charge >= 0.3 is 0 Å². The van der Waals surface area contributed by atoms with Crippen LogP contribution in [0.1, 0.15) is 5.56 Å². The van der Waals surface area contributed by atoms with Crippen LogP contribution in [0, 0.1) is 12.7 Å². The monoisotopic (exact) mass is 242 g/mol. The van der Waals surface area contributed by atoms with Gasteiger partial charge < -0.3 is 10.3 Å². The zero-order valence-corrected chi connectivity index (χ0v) is 9.77. The van der Waals surface area contributed by atoms with Gasteiger partial charge in [0.25, 0.3) is 0 Å². The van der Waals surface area contributed by atoms with Crippen molar-refractivity contribution in [3.05, 3.63) is 47.8 Å². The van der Waals surface area contributed by atoms with E-state index in [1.165, 1.54) is 6.07 Å². The lowest BCUT2D eigenvalue weighted by Crippen LogP contribution is -1.88. The number of halogens is 1. The molecule has 18 heavy (non-hydrogen) atoms. The average molecular weight is 242 g/mol. The molecule has 0 aliphatic heterocycles. The highest BCUT2D eigenvalue weighted by Gasteiger charge is 2.15. The number of rotatable bonds is 1. The van der Waals surface area contributed by atoms with Crippen LogP contribution < -0.4 is 5.73 Å². The van der Waals surface area contributed by atoms with Crippen LogP contribution in [0.2, 0.25) is 0 Å². The Bertz CT molecular complexity index is 734. The fourth-order valence-corrected chi connectivity index (χ4v) is 2.06. The predicted molar refractivity (Wildman–Crippen MR) is 68.6 cm³/mol. The van der Waals surface area contributed by atoms with Gasteiger partial charge in [-0.2, -0.15) is 0 Å². The molecule has 0 saturated heterocycles. The van der Waals surface area contributed by atoms with E-state index in [4.69, 9.17) is 10.3 Å². The van der Waals surface area contributed by atoms with Crippen LogP contribution in [0.3, 0.4) is 0 Å². The van der Waals surface area contributed by atoms with Crippen molar-refractivity contribution in [2.45, 2.75) is 6.92 Å². The summed E-state index contributed by atoms with van der Waals surface area (Å²) in [4.78, 5) is 0. The third kappa shape index (κ3) is 1.46. The van der Waals surface area contributed by atoms with Gasteiger partial charge in [0.1, 0.15) is 5.82 Å². The van der Waals surface area contributed by atoms with Crippen LogP contribution in [-0.4, -0.2) is 5.16 Å². The summed E-state index contributed by atoms with van der Waals surface area (Å²) >= 11 is 0. The lowest BCUT2D eigenvalue weighted by molar-refractivity contribution is 0.435. The van der Waals surface area contributed by atoms with E-state index in [1.807, 2.05) is 19.1 Å². The summed E-state index contributed by atoms with van der Waals surface area (Å²) in [5, 5.41) is 5.08. The molecule has 2 N–H and O–H groups in total. The largest absolute Gasteiger partial charge is 0.381 e. The van der Waals surface area contributed by atoms with E-state index in [9.17, 15) is 4.39 Å². The van der Waals surface area contributed by atoms with Crippen molar-refractivity contribution in [2.24, 2.45) is 0 Å². The van der Waals surface area contributed by atoms with E-state index in [2.05, 4.69) is 5.16 Å². The molecule has 0 aliphatic carbocycles. The number of anilines is 1. The Hall–Kier alpha value is -2.36. The van der Waals surface area contributed by atoms with E-state index in [0.29, 0.717) is 17.0 Å². The number of hydrogen-bond acceptors (Lipinski definition) is 3. The zero-order valence-electron chi connectivity index (χ0n) is 9.77. The average Bonchev–Trinajstić information content (AvgIpc) is 2.71. The topological polar surface area (TPSA) is 52.0 Å². The fourth-order valence-electron chi connectivity index (χ4n) is 2.06. The van der Waals surface area contributed by atoms with Crippen molar-refractivity contribution in [3.8, 4) is 11.3 Å². The normalized spacial score (nSPS) is 11.0. The van der Waals surface area contributed by atoms with Gasteiger partial charge in [0.2, 0.25) is 0 Å². The molecule has 3 rings (SSSR count). The highest BCUT2D eigenvalue weighted by molar-refractivity contribution is 5.96. The van der Waals surface area contributed by atoms with Crippen LogP contribution in [0.4, 0.5) is 10.2 Å². The molecule has 2 aromatic carbocycles. The fraction of sp³-hybridized carbons (Fsp3) is 0.0714. The molecular weight excluding hydrogens is 231 g/mol. The van der Waals surface area contributed by atoms with Gasteiger partial charge in [-0.15, -0.1) is 0 Å². The van der Waals surface area contributed by atoms with Gasteiger partial charge in [0.05, 0.1) is 0 Å². The summed E-state index contributed by atoms with van der Waals surface area (Å²) in [7, 11) is 0. The summed E-state index contributed by atoms with van der Waals surface area (Å²) < 4.78 is 18.9. The van der Waals surface area contributed by atoms with Crippen molar-refractivity contribution in [1.82, 2.24) is 5.16 Å². The van der Waals surface area contributed by atoms with Crippen molar-refractivity contribution >= 4 is 16.6 Å². The Morgan fingerprint density at radius 2 is 1.83 bits per heavy atom. The first-order chi connectivity index (χ1) is 8.68. The molecule has 3 nitrogen and oxygen atoms in total. The van der Waals surface area contributed by atoms with Crippen molar-refractivity contribution in [1.29, 1.82) is 0 Å². The summed E-state index contributed by atoms with van der Waals surface area (Å²) in [6.45, 7) is 1.83. The Labute approximate surface area is 103 Å². The number of aromatic nitrogens is 1. The second-order valence-corrected chi connectivity index (χ2v) is 4.16. The lowest BCUT2D eigenvalue weighted by atomic mass is 10.0. The number of nitrogen functional groups attached to an aromatic ring is 1. The summed E-state index contributed by atoms with van der Waals surface area (Å²) in [6.07, 6.45) is 0. The zero-order chi connectivity index (χ0) is 12.7. The molecule has 0 amide bonds. The Morgan fingerprint density at radius 1 is 1.11 bits per heavy atom. The van der Waals surface area contributed by atoms with E-state index in [-0.39, 0.29) is 5.82 Å². The van der Waals surface area contributed by atoms with Gasteiger partial charge in [0.15, 0.2) is 11.6 Å². The van der Waals surface area contributed by atoms with Crippen LogP contribution in [0.5, 0.6) is 0 Å². The van der Waals surface area contributed by atoms with Crippen molar-refractivity contribution in [3.63, 3.8) is 0 Å². The maximum absolute atomic E-state index is 13.7. The molecule has 0 atom stereocenters. The van der Waals surface area contributed by atoms with E-state index >= 15 is 0 Å². The second-order valence-electron chi connectivity index (χ2n) is 4.16. The van der Waals surface area contributed by atoms with Gasteiger partial charge in [-0.25, -0.2) is 4.39 Å². The van der Waals surface area contributed by atoms with Gasteiger partial charge in [-0.1, -0.05) is 29.4 Å². The van der Waals surface area contributed by atoms with Crippen LogP contribution in [-0.2, 0) is 0 Å². The quantitative estimate of drug-likeness (QED) is 0.710. The molecule has 0 fully saturated rings. The molecule has 90 valence electrons. The van der Waals surface area contributed by atoms with Crippen LogP contribution in [0.25, 0.3) is 22.1 Å². The Kier molecular flexibility index (Phi) is 2.30. The maximum atomic E-state index is 13.7. The van der Waals surface area contributed by atoms with Crippen LogP contribution in [0.15, 0.2) is 40.9 Å². The lowest BCUT2D eigenvalue weighted by Gasteiger charge is -2.05. The minimum Gasteiger partial charge on any atom is -0.381 e. The first-order valence-electron chi connectivity index (χ1n) is 5.58. The molecule has 4 heteroatoms. The van der Waals surface area contributed by atoms with Crippen molar-refractivity contribution in [2.75, 3.05) is 5.73 Å². The molecule has 1 heterocycles. The summed E-state index contributed by atoms with van der Waals surface area (Å²) in [5.74, 6) is 0.696. The number of nitrogens with two attached hydrogens (primary N) is 1. The Balaban J connectivity index is 2.37. The highest BCUT2D eigenvalue weighted by Crippen LogP contribution is 2.33. The highest BCUT2D eigenvalue weighted by atomic mass is 19.1. The van der Waals surface area contributed by atoms with Gasteiger partial charge in [0, 0.05) is 16.5 Å². The third-order valence-corrected chi connectivity index (χ3v) is 3.08. The standard InChI is InChI=1S/C14H11FN2O/c1-8-13(18-17-14(8)16)11-6-7-12(15)10-5-3-2-4-9(10)11/h2-7H,1H3,(H2,16,17). The first kappa shape index (κ1) is 10.8. The van der Waals surface area contributed by atoms with E-state index in [1.54, 1.807) is 18.2 Å². The minimum absolute atomic E-state index is 0.250. The molecule has 0 aliphatic rings. The molecule has 0 spiro atoms. The first-order valence-corrected chi connectivity index (χ1v) is 5.58. The molecule has 0 unspecified atom stereocenters. The maximum Gasteiger partial charge on any atom is 0.172 e. The molecular formula is C14H11FN2O. The molecule has 3 aromatic rings. The number of hydrogen-bond donors (Lipinski definition) is 1. The third-order valence-electron chi connectivity index (χ3n) is 3.08. The predicted octanol–water partition coefficient (Wildman–Crippen LogP) is 3.52. The molecule has 0 saturated carbocycles. The molecule has 0 bridgehead atoms. The van der Waals surface area contributed by atoms with Crippen molar-refractivity contribution < 1.29 is 8.91 Å². The molecule has 0 radical (unpaired) electrons. The number of nitrogens with zero attached hydrogens (tertiary/aromatic N) is 1. The minimum atomic E-state index is -0.250. The van der Waals surface area contributed by atoms with E-state index < -0.39 is 0 Å². The van der Waals surface area contributed by atoms with Gasteiger partial charge in [-0.3, -0.25) is 0 Å². The Morgan fingerprint density at radius 3 is 2.50 bits per heavy atom. The van der Waals surface area contributed by atoms with Gasteiger partial charge in [-0.05, 0) is 24.4 Å². The SMILES string of the molecule is Cc1c(N)noc1-c1ccc(F)c2ccccc12.